The van der Waals surface area contributed by atoms with Crippen LogP contribution in [0.4, 0.5) is 0 Å². The maximum absolute atomic E-state index is 10.2. The molecule has 0 amide bonds. The van der Waals surface area contributed by atoms with Crippen molar-refractivity contribution in [2.24, 2.45) is 0 Å². The third-order valence-electron chi connectivity index (χ3n) is 3.90. The van der Waals surface area contributed by atoms with Crippen LogP contribution in [0, 0.1) is 13.8 Å². The van der Waals surface area contributed by atoms with Crippen LogP contribution in [0.15, 0.2) is 18.2 Å². The van der Waals surface area contributed by atoms with E-state index in [1.807, 2.05) is 19.1 Å². The molecule has 0 spiro atoms. The highest BCUT2D eigenvalue weighted by atomic mass is 16.5. The van der Waals surface area contributed by atoms with Crippen LogP contribution in [-0.2, 0) is 4.74 Å². The summed E-state index contributed by atoms with van der Waals surface area (Å²) >= 11 is 0. The highest BCUT2D eigenvalue weighted by Gasteiger charge is 2.27. The van der Waals surface area contributed by atoms with Crippen LogP contribution in [-0.4, -0.2) is 49.7 Å². The minimum Gasteiger partial charge on any atom is -0.490 e. The van der Waals surface area contributed by atoms with Crippen molar-refractivity contribution in [1.29, 1.82) is 0 Å². The summed E-state index contributed by atoms with van der Waals surface area (Å²) < 4.78 is 11.5. The molecule has 0 unspecified atom stereocenters. The summed E-state index contributed by atoms with van der Waals surface area (Å²) in [4.78, 5) is 1.39. The molecule has 1 aromatic carbocycles. The zero-order chi connectivity index (χ0) is 15.4. The van der Waals surface area contributed by atoms with Gasteiger partial charge in [0.25, 0.3) is 0 Å². The smallest absolute Gasteiger partial charge is 0.137 e. The van der Waals surface area contributed by atoms with Crippen LogP contribution >= 0.6 is 0 Å². The molecule has 0 radical (unpaired) electrons. The molecule has 2 N–H and O–H groups in total. The summed E-state index contributed by atoms with van der Waals surface area (Å²) in [5.41, 5.74) is 2.34. The topological polar surface area (TPSA) is 43.1 Å². The van der Waals surface area contributed by atoms with Gasteiger partial charge in [0.15, 0.2) is 0 Å². The van der Waals surface area contributed by atoms with Gasteiger partial charge < -0.3 is 19.5 Å². The van der Waals surface area contributed by atoms with E-state index in [2.05, 4.69) is 26.8 Å². The molecule has 1 aliphatic rings. The van der Waals surface area contributed by atoms with E-state index in [9.17, 15) is 5.11 Å². The summed E-state index contributed by atoms with van der Waals surface area (Å²) in [7, 11) is 0. The minimum atomic E-state index is -0.446. The molecule has 1 heterocycles. The Bertz CT molecular complexity index is 453. The van der Waals surface area contributed by atoms with Gasteiger partial charge in [-0.15, -0.1) is 0 Å². The van der Waals surface area contributed by atoms with Gasteiger partial charge in [0.2, 0.25) is 0 Å². The lowest BCUT2D eigenvalue weighted by Gasteiger charge is -2.33. The molecule has 0 bridgehead atoms. The number of benzene rings is 1. The lowest BCUT2D eigenvalue weighted by atomic mass is 10.1. The number of rotatable bonds is 5. The fourth-order valence-electron chi connectivity index (χ4n) is 3.10. The molecular weight excluding hydrogens is 266 g/mol. The molecule has 1 fully saturated rings. The number of quaternary nitrogens is 1. The van der Waals surface area contributed by atoms with E-state index in [4.69, 9.17) is 9.47 Å². The van der Waals surface area contributed by atoms with Crippen molar-refractivity contribution >= 4 is 0 Å². The third kappa shape index (κ3) is 4.99. The van der Waals surface area contributed by atoms with Crippen molar-refractivity contribution < 1.29 is 19.5 Å². The van der Waals surface area contributed by atoms with E-state index in [0.29, 0.717) is 13.2 Å². The minimum absolute atomic E-state index is 0.260. The van der Waals surface area contributed by atoms with Gasteiger partial charge in [0, 0.05) is 0 Å². The number of nitrogens with one attached hydrogen (secondary N) is 1. The van der Waals surface area contributed by atoms with Gasteiger partial charge in [-0.1, -0.05) is 17.7 Å². The SMILES string of the molecule is Cc1ccc(OC[C@@H](O)C[NH+]2C[C@@H](C)O[C@H](C)C2)c(C)c1. The normalized spacial score (nSPS) is 27.4. The van der Waals surface area contributed by atoms with E-state index in [1.165, 1.54) is 10.5 Å². The molecule has 1 aliphatic heterocycles. The Kier molecular flexibility index (Phi) is 5.62. The van der Waals surface area contributed by atoms with Gasteiger partial charge in [-0.3, -0.25) is 0 Å². The fourth-order valence-corrected chi connectivity index (χ4v) is 3.10. The molecule has 21 heavy (non-hydrogen) atoms. The van der Waals surface area contributed by atoms with Crippen LogP contribution in [0.3, 0.4) is 0 Å². The van der Waals surface area contributed by atoms with Gasteiger partial charge in [-0.25, -0.2) is 0 Å². The molecule has 4 heteroatoms. The quantitative estimate of drug-likeness (QED) is 0.842. The highest BCUT2D eigenvalue weighted by Crippen LogP contribution is 2.18. The molecule has 3 atom stereocenters. The Hall–Kier alpha value is -1.10. The second-order valence-corrected chi connectivity index (χ2v) is 6.35. The first kappa shape index (κ1) is 16.3. The molecule has 4 nitrogen and oxygen atoms in total. The predicted octanol–water partition coefficient (Wildman–Crippen LogP) is 0.735. The number of ether oxygens (including phenoxy) is 2. The van der Waals surface area contributed by atoms with Gasteiger partial charge >= 0.3 is 0 Å². The second-order valence-electron chi connectivity index (χ2n) is 6.35. The first-order valence-electron chi connectivity index (χ1n) is 7.81. The maximum atomic E-state index is 10.2. The van der Waals surface area contributed by atoms with Crippen molar-refractivity contribution in [3.8, 4) is 5.75 Å². The van der Waals surface area contributed by atoms with Crippen LogP contribution < -0.4 is 9.64 Å². The molecule has 0 aromatic heterocycles. The van der Waals surface area contributed by atoms with E-state index in [-0.39, 0.29) is 12.2 Å². The van der Waals surface area contributed by atoms with Crippen molar-refractivity contribution in [3.05, 3.63) is 29.3 Å². The Balaban J connectivity index is 1.80. The molecule has 0 aliphatic carbocycles. The van der Waals surface area contributed by atoms with Gasteiger partial charge in [0.05, 0.1) is 0 Å². The third-order valence-corrected chi connectivity index (χ3v) is 3.90. The van der Waals surface area contributed by atoms with Crippen molar-refractivity contribution in [3.63, 3.8) is 0 Å². The number of aliphatic hydroxyl groups excluding tert-OH is 1. The summed E-state index contributed by atoms with van der Waals surface area (Å²) in [5.74, 6) is 0.860. The number of hydrogen-bond acceptors (Lipinski definition) is 3. The maximum Gasteiger partial charge on any atom is 0.137 e. The van der Waals surface area contributed by atoms with Crippen LogP contribution in [0.2, 0.25) is 0 Å². The number of morpholine rings is 1. The average Bonchev–Trinajstić information content (AvgIpc) is 2.36. The zero-order valence-corrected chi connectivity index (χ0v) is 13.6. The standard InChI is InChI=1S/C17H27NO3/c1-12-5-6-17(13(2)7-12)20-11-16(19)10-18-8-14(3)21-15(4)9-18/h5-7,14-16,19H,8-11H2,1-4H3/p+1/t14-,15-,16+/m1/s1. The van der Waals surface area contributed by atoms with Crippen molar-refractivity contribution in [2.75, 3.05) is 26.2 Å². The number of hydrogen-bond donors (Lipinski definition) is 2. The van der Waals surface area contributed by atoms with Gasteiger partial charge in [-0.2, -0.15) is 0 Å². The molecule has 1 aromatic rings. The Morgan fingerprint density at radius 1 is 1.29 bits per heavy atom. The van der Waals surface area contributed by atoms with E-state index in [0.717, 1.165) is 24.4 Å². The lowest BCUT2D eigenvalue weighted by Crippen LogP contribution is -3.16. The van der Waals surface area contributed by atoms with E-state index in [1.54, 1.807) is 0 Å². The highest BCUT2D eigenvalue weighted by molar-refractivity contribution is 5.35. The average molecular weight is 294 g/mol. The summed E-state index contributed by atoms with van der Waals surface area (Å²) in [5, 5.41) is 10.2. The Morgan fingerprint density at radius 2 is 1.95 bits per heavy atom. The van der Waals surface area contributed by atoms with Gasteiger partial charge in [-0.05, 0) is 39.3 Å². The molecular formula is C17H28NO3+. The van der Waals surface area contributed by atoms with Gasteiger partial charge in [0.1, 0.15) is 50.3 Å². The lowest BCUT2D eigenvalue weighted by molar-refractivity contribution is -0.918. The van der Waals surface area contributed by atoms with Crippen LogP contribution in [0.1, 0.15) is 25.0 Å². The molecule has 2 rings (SSSR count). The van der Waals surface area contributed by atoms with E-state index >= 15 is 0 Å². The Labute approximate surface area is 127 Å². The molecule has 118 valence electrons. The Morgan fingerprint density at radius 3 is 2.57 bits per heavy atom. The zero-order valence-electron chi connectivity index (χ0n) is 13.6. The molecule has 0 saturated carbocycles. The monoisotopic (exact) mass is 294 g/mol. The largest absolute Gasteiger partial charge is 0.490 e. The number of aryl methyl sites for hydroxylation is 2. The first-order valence-corrected chi connectivity index (χ1v) is 7.81. The van der Waals surface area contributed by atoms with Crippen molar-refractivity contribution in [1.82, 2.24) is 0 Å². The van der Waals surface area contributed by atoms with Crippen LogP contribution in [0.5, 0.6) is 5.75 Å². The fraction of sp³-hybridized carbons (Fsp3) is 0.647. The van der Waals surface area contributed by atoms with Crippen LogP contribution in [0.25, 0.3) is 0 Å². The molecule has 1 saturated heterocycles. The van der Waals surface area contributed by atoms with Crippen molar-refractivity contribution in [2.45, 2.75) is 46.0 Å². The predicted molar refractivity (Wildman–Crippen MR) is 83.0 cm³/mol. The second kappa shape index (κ2) is 7.25. The summed E-state index contributed by atoms with van der Waals surface area (Å²) in [6.45, 7) is 11.2. The first-order chi connectivity index (χ1) is 9.94. The van der Waals surface area contributed by atoms with E-state index < -0.39 is 6.10 Å². The summed E-state index contributed by atoms with van der Waals surface area (Å²) in [6, 6.07) is 6.10. The number of aliphatic hydroxyl groups is 1. The summed E-state index contributed by atoms with van der Waals surface area (Å²) in [6.07, 6.45) is 0.0747.